The fraction of sp³-hybridized carbons (Fsp3) is 0.455. The second kappa shape index (κ2) is 2.89. The molecule has 0 fully saturated rings. The van der Waals surface area contributed by atoms with Crippen molar-refractivity contribution in [3.05, 3.63) is 23.8 Å². The lowest BCUT2D eigenvalue weighted by Crippen LogP contribution is -2.34. The Morgan fingerprint density at radius 1 is 1.50 bits per heavy atom. The van der Waals surface area contributed by atoms with E-state index in [-0.39, 0.29) is 5.60 Å². The average molecular weight is 193 g/mol. The van der Waals surface area contributed by atoms with E-state index in [4.69, 9.17) is 10.5 Å². The van der Waals surface area contributed by atoms with E-state index in [2.05, 4.69) is 0 Å². The van der Waals surface area contributed by atoms with Gasteiger partial charge in [0.1, 0.15) is 11.4 Å². The summed E-state index contributed by atoms with van der Waals surface area (Å²) in [6.45, 7) is 3.94. The van der Waals surface area contributed by atoms with Gasteiger partial charge in [-0.1, -0.05) is 0 Å². The molecule has 3 nitrogen and oxygen atoms in total. The van der Waals surface area contributed by atoms with Gasteiger partial charge in [-0.15, -0.1) is 0 Å². The number of nitrogen functional groups attached to an aromatic ring is 1. The molecule has 76 valence electrons. The van der Waals surface area contributed by atoms with Crippen molar-refractivity contribution < 1.29 is 9.84 Å². The van der Waals surface area contributed by atoms with Crippen LogP contribution >= 0.6 is 0 Å². The Balaban J connectivity index is 2.45. The largest absolute Gasteiger partial charge is 0.487 e. The van der Waals surface area contributed by atoms with Gasteiger partial charge < -0.3 is 15.6 Å². The van der Waals surface area contributed by atoms with Crippen molar-refractivity contribution in [2.24, 2.45) is 0 Å². The molecule has 0 radical (unpaired) electrons. The molecule has 0 aliphatic carbocycles. The number of aliphatic hydroxyl groups is 1. The van der Waals surface area contributed by atoms with E-state index in [9.17, 15) is 5.11 Å². The molecule has 2 rings (SSSR count). The van der Waals surface area contributed by atoms with Crippen molar-refractivity contribution in [1.82, 2.24) is 0 Å². The normalized spacial score (nSPS) is 23.8. The molecule has 0 aromatic heterocycles. The van der Waals surface area contributed by atoms with Gasteiger partial charge in [0.25, 0.3) is 0 Å². The number of anilines is 1. The first kappa shape index (κ1) is 9.34. The summed E-state index contributed by atoms with van der Waals surface area (Å²) in [5.41, 5.74) is 6.80. The molecular weight excluding hydrogens is 178 g/mol. The molecule has 3 heteroatoms. The third kappa shape index (κ3) is 1.55. The van der Waals surface area contributed by atoms with Gasteiger partial charge in [0.2, 0.25) is 0 Å². The van der Waals surface area contributed by atoms with Gasteiger partial charge in [-0.25, -0.2) is 0 Å². The van der Waals surface area contributed by atoms with Gasteiger partial charge in [-0.2, -0.15) is 0 Å². The number of benzene rings is 1. The van der Waals surface area contributed by atoms with Crippen molar-refractivity contribution in [2.75, 3.05) is 5.73 Å². The highest BCUT2D eigenvalue weighted by molar-refractivity contribution is 5.49. The third-order valence-corrected chi connectivity index (χ3v) is 2.46. The van der Waals surface area contributed by atoms with Gasteiger partial charge in [0.15, 0.2) is 0 Å². The predicted octanol–water partition coefficient (Wildman–Crippen LogP) is 1.86. The Kier molecular flexibility index (Phi) is 1.93. The van der Waals surface area contributed by atoms with Crippen LogP contribution in [0.15, 0.2) is 18.2 Å². The summed E-state index contributed by atoms with van der Waals surface area (Å²) >= 11 is 0. The van der Waals surface area contributed by atoms with Crippen molar-refractivity contribution in [1.29, 1.82) is 0 Å². The molecule has 1 atom stereocenters. The van der Waals surface area contributed by atoms with E-state index in [0.717, 1.165) is 11.3 Å². The van der Waals surface area contributed by atoms with Gasteiger partial charge in [0, 0.05) is 17.7 Å². The smallest absolute Gasteiger partial charge is 0.126 e. The number of rotatable bonds is 0. The maximum absolute atomic E-state index is 9.89. The Morgan fingerprint density at radius 3 is 2.93 bits per heavy atom. The van der Waals surface area contributed by atoms with Gasteiger partial charge in [-0.3, -0.25) is 0 Å². The van der Waals surface area contributed by atoms with Crippen LogP contribution in [-0.2, 0) is 0 Å². The zero-order valence-electron chi connectivity index (χ0n) is 8.45. The number of hydrogen-bond acceptors (Lipinski definition) is 3. The second-order valence-corrected chi connectivity index (χ2v) is 4.38. The van der Waals surface area contributed by atoms with E-state index in [1.54, 1.807) is 12.1 Å². The lowest BCUT2D eigenvalue weighted by Gasteiger charge is -2.35. The minimum Gasteiger partial charge on any atom is -0.487 e. The maximum Gasteiger partial charge on any atom is 0.126 e. The Labute approximate surface area is 83.5 Å². The van der Waals surface area contributed by atoms with Crippen molar-refractivity contribution >= 4 is 5.69 Å². The zero-order chi connectivity index (χ0) is 10.3. The molecule has 0 bridgehead atoms. The number of aliphatic hydroxyl groups excluding tert-OH is 1. The van der Waals surface area contributed by atoms with Crippen LogP contribution in [0, 0.1) is 0 Å². The summed E-state index contributed by atoms with van der Waals surface area (Å²) in [5.74, 6) is 0.739. The molecule has 1 heterocycles. The quantitative estimate of drug-likeness (QED) is 0.618. The molecule has 0 amide bonds. The Morgan fingerprint density at radius 2 is 2.21 bits per heavy atom. The van der Waals surface area contributed by atoms with E-state index >= 15 is 0 Å². The molecule has 14 heavy (non-hydrogen) atoms. The van der Waals surface area contributed by atoms with Crippen LogP contribution in [0.5, 0.6) is 5.75 Å². The maximum atomic E-state index is 9.89. The molecule has 0 unspecified atom stereocenters. The van der Waals surface area contributed by atoms with Gasteiger partial charge >= 0.3 is 0 Å². The summed E-state index contributed by atoms with van der Waals surface area (Å²) in [5, 5.41) is 9.89. The van der Waals surface area contributed by atoms with Crippen molar-refractivity contribution in [2.45, 2.75) is 32.0 Å². The average Bonchev–Trinajstić information content (AvgIpc) is 2.05. The lowest BCUT2D eigenvalue weighted by atomic mass is 9.91. The Hall–Kier alpha value is -1.22. The number of ether oxygens (including phenoxy) is 1. The highest BCUT2D eigenvalue weighted by Gasteiger charge is 2.32. The molecule has 1 aromatic rings. The minimum atomic E-state index is -0.475. The standard InChI is InChI=1S/C11H15NO2/c1-11(2)6-9(13)8-5-7(12)3-4-10(8)14-11/h3-5,9,13H,6,12H2,1-2H3/t9-/m0/s1. The topological polar surface area (TPSA) is 55.5 Å². The number of nitrogens with two attached hydrogens (primary N) is 1. The second-order valence-electron chi connectivity index (χ2n) is 4.38. The summed E-state index contributed by atoms with van der Waals surface area (Å²) in [7, 11) is 0. The zero-order valence-corrected chi connectivity index (χ0v) is 8.45. The van der Waals surface area contributed by atoms with E-state index in [0.29, 0.717) is 12.1 Å². The van der Waals surface area contributed by atoms with Crippen LogP contribution in [0.2, 0.25) is 0 Å². The van der Waals surface area contributed by atoms with E-state index < -0.39 is 6.10 Å². The number of fused-ring (bicyclic) bond motifs is 1. The summed E-state index contributed by atoms with van der Waals surface area (Å²) in [4.78, 5) is 0. The van der Waals surface area contributed by atoms with Gasteiger partial charge in [-0.05, 0) is 32.0 Å². The molecule has 1 aliphatic heterocycles. The molecular formula is C11H15NO2. The Bertz CT molecular complexity index is 360. The van der Waals surface area contributed by atoms with E-state index in [1.165, 1.54) is 0 Å². The van der Waals surface area contributed by atoms with Crippen LogP contribution in [0.4, 0.5) is 5.69 Å². The van der Waals surface area contributed by atoms with Gasteiger partial charge in [0.05, 0.1) is 6.10 Å². The fourth-order valence-corrected chi connectivity index (χ4v) is 1.84. The number of hydrogen-bond donors (Lipinski definition) is 2. The third-order valence-electron chi connectivity index (χ3n) is 2.46. The van der Waals surface area contributed by atoms with Crippen molar-refractivity contribution in [3.63, 3.8) is 0 Å². The molecule has 3 N–H and O–H groups in total. The van der Waals surface area contributed by atoms with Crippen LogP contribution in [-0.4, -0.2) is 10.7 Å². The first-order chi connectivity index (χ1) is 6.48. The molecule has 1 aliphatic rings. The minimum absolute atomic E-state index is 0.303. The highest BCUT2D eigenvalue weighted by Crippen LogP contribution is 2.39. The SMILES string of the molecule is CC1(C)C[C@H](O)c2cc(N)ccc2O1. The van der Waals surface area contributed by atoms with Crippen LogP contribution in [0.1, 0.15) is 31.9 Å². The first-order valence-electron chi connectivity index (χ1n) is 4.74. The molecule has 0 spiro atoms. The molecule has 0 saturated heterocycles. The summed E-state index contributed by atoms with van der Waals surface area (Å²) < 4.78 is 5.73. The lowest BCUT2D eigenvalue weighted by molar-refractivity contribution is 0.0116. The first-order valence-corrected chi connectivity index (χ1v) is 4.74. The monoisotopic (exact) mass is 193 g/mol. The van der Waals surface area contributed by atoms with E-state index in [1.807, 2.05) is 19.9 Å². The molecule has 1 aromatic carbocycles. The summed E-state index contributed by atoms with van der Waals surface area (Å²) in [6.07, 6.45) is 0.126. The fourth-order valence-electron chi connectivity index (χ4n) is 1.84. The van der Waals surface area contributed by atoms with Crippen LogP contribution in [0.25, 0.3) is 0 Å². The van der Waals surface area contributed by atoms with Crippen LogP contribution in [0.3, 0.4) is 0 Å². The van der Waals surface area contributed by atoms with Crippen molar-refractivity contribution in [3.8, 4) is 5.75 Å². The summed E-state index contributed by atoms with van der Waals surface area (Å²) in [6, 6.07) is 5.37. The van der Waals surface area contributed by atoms with Crippen LogP contribution < -0.4 is 10.5 Å². The molecule has 0 saturated carbocycles. The highest BCUT2D eigenvalue weighted by atomic mass is 16.5. The predicted molar refractivity (Wildman–Crippen MR) is 55.1 cm³/mol.